The standard InChI is InChI=1S/C30H34N2O6/c1-30(2,3)22-10-8-21(9-11-22)18-36-27-19-35-23(16-24(27)33)17-31-12-14-32(15-13-31)29(34)28-20-37-25-6-4-5-7-26(25)38-28/h4-11,16,19,28H,12-15,17-18,20H2,1-3H3/t28-/m0/s1. The first-order valence-electron chi connectivity index (χ1n) is 13.0. The Morgan fingerprint density at radius 2 is 1.71 bits per heavy atom. The van der Waals surface area contributed by atoms with E-state index in [0.717, 1.165) is 5.56 Å². The molecule has 1 fully saturated rings. The zero-order valence-electron chi connectivity index (χ0n) is 22.1. The Labute approximate surface area is 222 Å². The Hall–Kier alpha value is -3.78. The summed E-state index contributed by atoms with van der Waals surface area (Å²) < 4.78 is 23.0. The molecular weight excluding hydrogens is 484 g/mol. The number of amides is 1. The van der Waals surface area contributed by atoms with Gasteiger partial charge in [0.05, 0.1) is 6.54 Å². The normalized spacial score (nSPS) is 17.8. The minimum Gasteiger partial charge on any atom is -0.485 e. The third-order valence-corrected chi connectivity index (χ3v) is 6.91. The van der Waals surface area contributed by atoms with Crippen molar-refractivity contribution in [1.82, 2.24) is 9.80 Å². The van der Waals surface area contributed by atoms with E-state index in [2.05, 4.69) is 37.8 Å². The summed E-state index contributed by atoms with van der Waals surface area (Å²) >= 11 is 0. The van der Waals surface area contributed by atoms with Crippen LogP contribution in [0.3, 0.4) is 0 Å². The highest BCUT2D eigenvalue weighted by molar-refractivity contribution is 5.82. The van der Waals surface area contributed by atoms with Crippen molar-refractivity contribution < 1.29 is 23.4 Å². The molecular formula is C30H34N2O6. The summed E-state index contributed by atoms with van der Waals surface area (Å²) in [6, 6.07) is 17.1. The highest BCUT2D eigenvalue weighted by Gasteiger charge is 2.32. The highest BCUT2D eigenvalue weighted by Crippen LogP contribution is 2.31. The minimum atomic E-state index is -0.640. The Morgan fingerprint density at radius 3 is 2.39 bits per heavy atom. The van der Waals surface area contributed by atoms with E-state index in [0.29, 0.717) is 56.6 Å². The fourth-order valence-electron chi connectivity index (χ4n) is 4.58. The lowest BCUT2D eigenvalue weighted by atomic mass is 9.87. The van der Waals surface area contributed by atoms with Crippen LogP contribution >= 0.6 is 0 Å². The smallest absolute Gasteiger partial charge is 0.267 e. The minimum absolute atomic E-state index is 0.0692. The van der Waals surface area contributed by atoms with Crippen LogP contribution in [0.2, 0.25) is 0 Å². The molecule has 1 amide bonds. The molecule has 3 heterocycles. The van der Waals surface area contributed by atoms with Gasteiger partial charge in [-0.25, -0.2) is 0 Å². The maximum atomic E-state index is 13.0. The SMILES string of the molecule is CC(C)(C)c1ccc(COc2coc(CN3CCN(C(=O)[C@@H]4COc5ccccc5O4)CC3)cc2=O)cc1. The Kier molecular flexibility index (Phi) is 7.42. The van der Waals surface area contributed by atoms with Crippen molar-refractivity contribution in [2.45, 2.75) is 45.4 Å². The molecule has 2 aromatic carbocycles. The van der Waals surface area contributed by atoms with Crippen molar-refractivity contribution in [3.8, 4) is 17.2 Å². The van der Waals surface area contributed by atoms with Crippen molar-refractivity contribution in [2.24, 2.45) is 0 Å². The topological polar surface area (TPSA) is 81.5 Å². The second-order valence-corrected chi connectivity index (χ2v) is 10.8. The second kappa shape index (κ2) is 10.9. The van der Waals surface area contributed by atoms with Crippen LogP contribution in [-0.2, 0) is 23.4 Å². The molecule has 0 saturated carbocycles. The van der Waals surface area contributed by atoms with Gasteiger partial charge in [-0.15, -0.1) is 0 Å². The molecule has 1 atom stereocenters. The number of hydrogen-bond donors (Lipinski definition) is 0. The molecule has 2 aliphatic rings. The van der Waals surface area contributed by atoms with E-state index >= 15 is 0 Å². The van der Waals surface area contributed by atoms with Crippen LogP contribution in [0.25, 0.3) is 0 Å². The summed E-state index contributed by atoms with van der Waals surface area (Å²) in [6.07, 6.45) is 0.748. The van der Waals surface area contributed by atoms with E-state index in [1.807, 2.05) is 30.3 Å². The molecule has 38 heavy (non-hydrogen) atoms. The monoisotopic (exact) mass is 518 g/mol. The lowest BCUT2D eigenvalue weighted by Crippen LogP contribution is -2.53. The molecule has 5 rings (SSSR count). The van der Waals surface area contributed by atoms with Crippen molar-refractivity contribution in [3.63, 3.8) is 0 Å². The number of ether oxygens (including phenoxy) is 3. The van der Waals surface area contributed by atoms with Crippen molar-refractivity contribution in [2.75, 3.05) is 32.8 Å². The summed E-state index contributed by atoms with van der Waals surface area (Å²) in [5.41, 5.74) is 2.12. The summed E-state index contributed by atoms with van der Waals surface area (Å²) in [5.74, 6) is 1.95. The number of hydrogen-bond acceptors (Lipinski definition) is 7. The van der Waals surface area contributed by atoms with Gasteiger partial charge in [0.1, 0.15) is 25.2 Å². The van der Waals surface area contributed by atoms with Crippen molar-refractivity contribution in [3.05, 3.63) is 88.0 Å². The molecule has 8 heteroatoms. The number of carbonyl (C=O) groups is 1. The molecule has 1 aromatic heterocycles. The maximum absolute atomic E-state index is 13.0. The molecule has 0 N–H and O–H groups in total. The van der Waals surface area contributed by atoms with Crippen LogP contribution in [0, 0.1) is 0 Å². The van der Waals surface area contributed by atoms with Gasteiger partial charge in [-0.2, -0.15) is 0 Å². The quantitative estimate of drug-likeness (QED) is 0.488. The predicted octanol–water partition coefficient (Wildman–Crippen LogP) is 4.00. The lowest BCUT2D eigenvalue weighted by Gasteiger charge is -2.36. The maximum Gasteiger partial charge on any atom is 0.267 e. The summed E-state index contributed by atoms with van der Waals surface area (Å²) in [6.45, 7) is 9.99. The number of benzene rings is 2. The lowest BCUT2D eigenvalue weighted by molar-refractivity contribution is -0.143. The van der Waals surface area contributed by atoms with E-state index in [1.165, 1.54) is 17.9 Å². The highest BCUT2D eigenvalue weighted by atomic mass is 16.6. The zero-order valence-corrected chi connectivity index (χ0v) is 22.1. The third-order valence-electron chi connectivity index (χ3n) is 6.91. The summed E-state index contributed by atoms with van der Waals surface area (Å²) in [4.78, 5) is 29.5. The number of para-hydroxylation sites is 2. The average Bonchev–Trinajstić information content (AvgIpc) is 2.92. The van der Waals surface area contributed by atoms with Crippen molar-refractivity contribution in [1.29, 1.82) is 0 Å². The van der Waals surface area contributed by atoms with Crippen LogP contribution < -0.4 is 19.6 Å². The molecule has 0 bridgehead atoms. The van der Waals surface area contributed by atoms with Gasteiger partial charge >= 0.3 is 0 Å². The van der Waals surface area contributed by atoms with E-state index < -0.39 is 6.10 Å². The van der Waals surface area contributed by atoms with Crippen molar-refractivity contribution >= 4 is 5.91 Å². The molecule has 200 valence electrons. The molecule has 1 saturated heterocycles. The average molecular weight is 519 g/mol. The van der Waals surface area contributed by atoms with Gasteiger partial charge in [-0.3, -0.25) is 14.5 Å². The largest absolute Gasteiger partial charge is 0.485 e. The van der Waals surface area contributed by atoms with Gasteiger partial charge in [0.25, 0.3) is 5.91 Å². The number of piperazine rings is 1. The predicted molar refractivity (Wildman–Crippen MR) is 143 cm³/mol. The first-order valence-corrected chi connectivity index (χ1v) is 13.0. The van der Waals surface area contributed by atoms with Gasteiger partial charge in [0.15, 0.2) is 11.5 Å². The fourth-order valence-corrected chi connectivity index (χ4v) is 4.58. The van der Waals surface area contributed by atoms with E-state index in [9.17, 15) is 9.59 Å². The Bertz CT molecular complexity index is 1320. The molecule has 0 spiro atoms. The third kappa shape index (κ3) is 6.02. The Balaban J connectivity index is 1.10. The first kappa shape index (κ1) is 25.9. The van der Waals surface area contributed by atoms with Crippen LogP contribution in [0.15, 0.2) is 70.1 Å². The fraction of sp³-hybridized carbons (Fsp3) is 0.400. The number of rotatable bonds is 6. The molecule has 0 radical (unpaired) electrons. The van der Waals surface area contributed by atoms with Gasteiger partial charge < -0.3 is 23.5 Å². The molecule has 3 aromatic rings. The second-order valence-electron chi connectivity index (χ2n) is 10.8. The van der Waals surface area contributed by atoms with Gasteiger partial charge in [0.2, 0.25) is 17.3 Å². The zero-order chi connectivity index (χ0) is 26.7. The van der Waals surface area contributed by atoms with E-state index in [1.54, 1.807) is 11.0 Å². The molecule has 2 aliphatic heterocycles. The molecule has 0 unspecified atom stereocenters. The molecule has 0 aliphatic carbocycles. The van der Waals surface area contributed by atoms with E-state index in [4.69, 9.17) is 18.6 Å². The molecule has 8 nitrogen and oxygen atoms in total. The van der Waals surface area contributed by atoms with Crippen LogP contribution in [0.1, 0.15) is 37.7 Å². The Morgan fingerprint density at radius 1 is 1.00 bits per heavy atom. The number of nitrogens with zero attached hydrogens (tertiary/aromatic N) is 2. The summed E-state index contributed by atoms with van der Waals surface area (Å²) in [7, 11) is 0. The summed E-state index contributed by atoms with van der Waals surface area (Å²) in [5, 5.41) is 0. The number of fused-ring (bicyclic) bond motifs is 1. The van der Waals surface area contributed by atoms with E-state index in [-0.39, 0.29) is 29.1 Å². The van der Waals surface area contributed by atoms with Crippen LogP contribution in [-0.4, -0.2) is 54.6 Å². The van der Waals surface area contributed by atoms with Crippen LogP contribution in [0.4, 0.5) is 0 Å². The number of carbonyl (C=O) groups excluding carboxylic acids is 1. The van der Waals surface area contributed by atoms with Crippen LogP contribution in [0.5, 0.6) is 17.2 Å². The van der Waals surface area contributed by atoms with Gasteiger partial charge in [-0.05, 0) is 28.7 Å². The van der Waals surface area contributed by atoms with Gasteiger partial charge in [-0.1, -0.05) is 57.2 Å². The van der Waals surface area contributed by atoms with Gasteiger partial charge in [0, 0.05) is 32.2 Å². The first-order chi connectivity index (χ1) is 18.3.